The van der Waals surface area contributed by atoms with E-state index in [-0.39, 0.29) is 5.56 Å². The molecular weight excluding hydrogens is 233 g/mol. The topological polar surface area (TPSA) is 39.2 Å². The summed E-state index contributed by atoms with van der Waals surface area (Å²) in [5.41, 5.74) is 2.56. The molecule has 2 aromatic rings. The van der Waals surface area contributed by atoms with E-state index >= 15 is 0 Å². The summed E-state index contributed by atoms with van der Waals surface area (Å²) in [5.74, 6) is -1.03. The molecule has 1 aromatic heterocycles. The number of hydrogen-bond donors (Lipinski definition) is 0. The van der Waals surface area contributed by atoms with Gasteiger partial charge in [0.05, 0.1) is 12.7 Å². The lowest BCUT2D eigenvalue weighted by Crippen LogP contribution is -2.02. The number of carbonyl (C=O) groups is 1. The van der Waals surface area contributed by atoms with Gasteiger partial charge in [0.15, 0.2) is 0 Å². The molecule has 0 spiro atoms. The zero-order chi connectivity index (χ0) is 13.1. The van der Waals surface area contributed by atoms with Crippen LogP contribution in [0, 0.1) is 12.7 Å². The van der Waals surface area contributed by atoms with Gasteiger partial charge < -0.3 is 4.74 Å². The van der Waals surface area contributed by atoms with E-state index in [0.717, 1.165) is 17.2 Å². The van der Waals surface area contributed by atoms with Gasteiger partial charge in [0.25, 0.3) is 0 Å². The number of methoxy groups -OCH3 is 1. The third-order valence-electron chi connectivity index (χ3n) is 2.67. The molecule has 0 unspecified atom stereocenters. The maximum Gasteiger partial charge on any atom is 0.337 e. The van der Waals surface area contributed by atoms with Gasteiger partial charge in [-0.3, -0.25) is 4.98 Å². The van der Waals surface area contributed by atoms with Crippen molar-refractivity contribution in [2.45, 2.75) is 6.92 Å². The molecule has 0 aliphatic heterocycles. The van der Waals surface area contributed by atoms with Crippen molar-refractivity contribution in [3.63, 3.8) is 0 Å². The lowest BCUT2D eigenvalue weighted by molar-refractivity contribution is 0.0600. The van der Waals surface area contributed by atoms with Gasteiger partial charge in [0, 0.05) is 18.0 Å². The summed E-state index contributed by atoms with van der Waals surface area (Å²) in [7, 11) is 1.27. The Hall–Kier alpha value is -2.23. The highest BCUT2D eigenvalue weighted by Gasteiger charge is 2.11. The first kappa shape index (κ1) is 12.2. The van der Waals surface area contributed by atoms with Crippen LogP contribution in [0.1, 0.15) is 15.9 Å². The van der Waals surface area contributed by atoms with E-state index in [1.165, 1.54) is 13.2 Å². The van der Waals surface area contributed by atoms with Crippen molar-refractivity contribution in [3.8, 4) is 11.1 Å². The molecule has 0 saturated heterocycles. The highest BCUT2D eigenvalue weighted by Crippen LogP contribution is 2.24. The Morgan fingerprint density at radius 3 is 2.78 bits per heavy atom. The molecule has 0 atom stereocenters. The predicted octanol–water partition coefficient (Wildman–Crippen LogP) is 2.98. The number of rotatable bonds is 2. The van der Waals surface area contributed by atoms with Crippen LogP contribution in [0.3, 0.4) is 0 Å². The molecule has 3 nitrogen and oxygen atoms in total. The van der Waals surface area contributed by atoms with Crippen molar-refractivity contribution < 1.29 is 13.9 Å². The zero-order valence-electron chi connectivity index (χ0n) is 10.1. The van der Waals surface area contributed by atoms with E-state index in [1.54, 1.807) is 18.5 Å². The third-order valence-corrected chi connectivity index (χ3v) is 2.67. The van der Waals surface area contributed by atoms with Crippen molar-refractivity contribution in [1.29, 1.82) is 0 Å². The Kier molecular flexibility index (Phi) is 3.37. The van der Waals surface area contributed by atoms with Gasteiger partial charge in [0.1, 0.15) is 5.82 Å². The summed E-state index contributed by atoms with van der Waals surface area (Å²) in [6.45, 7) is 1.90. The quantitative estimate of drug-likeness (QED) is 0.763. The molecule has 0 fully saturated rings. The average Bonchev–Trinajstić information content (AvgIpc) is 2.37. The molecule has 1 heterocycles. The average molecular weight is 245 g/mol. The van der Waals surface area contributed by atoms with Crippen molar-refractivity contribution in [2.24, 2.45) is 0 Å². The summed E-state index contributed by atoms with van der Waals surface area (Å²) < 4.78 is 18.1. The Balaban J connectivity index is 2.55. The summed E-state index contributed by atoms with van der Waals surface area (Å²) in [4.78, 5) is 15.4. The predicted molar refractivity (Wildman–Crippen MR) is 65.7 cm³/mol. The number of esters is 1. The normalized spacial score (nSPS) is 10.2. The van der Waals surface area contributed by atoms with Crippen LogP contribution in [-0.2, 0) is 4.74 Å². The molecule has 0 aliphatic carbocycles. The number of benzene rings is 1. The largest absolute Gasteiger partial charge is 0.465 e. The minimum Gasteiger partial charge on any atom is -0.465 e. The number of aromatic nitrogens is 1. The van der Waals surface area contributed by atoms with Gasteiger partial charge in [-0.2, -0.15) is 0 Å². The first-order chi connectivity index (χ1) is 8.61. The molecule has 1 aromatic carbocycles. The first-order valence-electron chi connectivity index (χ1n) is 5.41. The second kappa shape index (κ2) is 4.96. The number of aryl methyl sites for hydroxylation is 1. The second-order valence-electron chi connectivity index (χ2n) is 3.91. The molecule has 18 heavy (non-hydrogen) atoms. The van der Waals surface area contributed by atoms with Crippen LogP contribution < -0.4 is 0 Å². The van der Waals surface area contributed by atoms with E-state index in [1.807, 2.05) is 13.0 Å². The van der Waals surface area contributed by atoms with Crippen LogP contribution in [-0.4, -0.2) is 18.1 Å². The maximum absolute atomic E-state index is 13.5. The fraction of sp³-hybridized carbons (Fsp3) is 0.143. The minimum atomic E-state index is -0.558. The lowest BCUT2D eigenvalue weighted by atomic mass is 10.0. The maximum atomic E-state index is 13.5. The highest BCUT2D eigenvalue weighted by atomic mass is 19.1. The van der Waals surface area contributed by atoms with Gasteiger partial charge in [0.2, 0.25) is 0 Å². The zero-order valence-corrected chi connectivity index (χ0v) is 10.1. The molecule has 92 valence electrons. The van der Waals surface area contributed by atoms with Crippen LogP contribution in [0.4, 0.5) is 4.39 Å². The number of nitrogens with zero attached hydrogens (tertiary/aromatic N) is 1. The van der Waals surface area contributed by atoms with Crippen molar-refractivity contribution in [2.75, 3.05) is 7.11 Å². The van der Waals surface area contributed by atoms with Crippen LogP contribution in [0.2, 0.25) is 0 Å². The lowest BCUT2D eigenvalue weighted by Gasteiger charge is -2.07. The Morgan fingerprint density at radius 2 is 2.11 bits per heavy atom. The molecule has 4 heteroatoms. The monoisotopic (exact) mass is 245 g/mol. The molecule has 0 N–H and O–H groups in total. The highest BCUT2D eigenvalue weighted by molar-refractivity contribution is 5.91. The Bertz CT molecular complexity index is 596. The second-order valence-corrected chi connectivity index (χ2v) is 3.91. The third kappa shape index (κ3) is 2.37. The minimum absolute atomic E-state index is 0.191. The summed E-state index contributed by atoms with van der Waals surface area (Å²) in [5, 5.41) is 0. The molecule has 0 bridgehead atoms. The van der Waals surface area contributed by atoms with Crippen LogP contribution in [0.5, 0.6) is 0 Å². The van der Waals surface area contributed by atoms with E-state index in [0.29, 0.717) is 5.56 Å². The van der Waals surface area contributed by atoms with Crippen molar-refractivity contribution in [3.05, 3.63) is 53.6 Å². The van der Waals surface area contributed by atoms with E-state index in [4.69, 9.17) is 0 Å². The fourth-order valence-electron chi connectivity index (χ4n) is 1.75. The van der Waals surface area contributed by atoms with E-state index in [9.17, 15) is 9.18 Å². The molecule has 0 aliphatic rings. The van der Waals surface area contributed by atoms with Crippen molar-refractivity contribution in [1.82, 2.24) is 4.98 Å². The Morgan fingerprint density at radius 1 is 1.33 bits per heavy atom. The molecule has 0 saturated carbocycles. The van der Waals surface area contributed by atoms with Crippen LogP contribution in [0.15, 0.2) is 36.7 Å². The smallest absolute Gasteiger partial charge is 0.337 e. The Labute approximate surface area is 104 Å². The van der Waals surface area contributed by atoms with Gasteiger partial charge in [-0.1, -0.05) is 0 Å². The number of hydrogen-bond acceptors (Lipinski definition) is 3. The molecule has 2 rings (SSSR count). The van der Waals surface area contributed by atoms with E-state index < -0.39 is 11.8 Å². The molecular formula is C14H12FNO2. The van der Waals surface area contributed by atoms with Crippen LogP contribution >= 0.6 is 0 Å². The molecule has 0 amide bonds. The van der Waals surface area contributed by atoms with Gasteiger partial charge >= 0.3 is 5.97 Å². The number of pyridine rings is 1. The summed E-state index contributed by atoms with van der Waals surface area (Å²) in [6, 6.07) is 5.95. The fourth-order valence-corrected chi connectivity index (χ4v) is 1.75. The number of carbonyl (C=O) groups excluding carboxylic acids is 1. The van der Waals surface area contributed by atoms with Gasteiger partial charge in [-0.05, 0) is 42.3 Å². The SMILES string of the molecule is COC(=O)c1cc(F)cc(-c2cnccc2C)c1. The first-order valence-corrected chi connectivity index (χ1v) is 5.41. The number of ether oxygens (including phenoxy) is 1. The van der Waals surface area contributed by atoms with Crippen LogP contribution in [0.25, 0.3) is 11.1 Å². The number of halogens is 1. The standard InChI is InChI=1S/C14H12FNO2/c1-9-3-4-16-8-13(9)10-5-11(14(17)18-2)7-12(15)6-10/h3-8H,1-2H3. The summed E-state index contributed by atoms with van der Waals surface area (Å²) in [6.07, 6.45) is 3.31. The van der Waals surface area contributed by atoms with Gasteiger partial charge in [-0.15, -0.1) is 0 Å². The summed E-state index contributed by atoms with van der Waals surface area (Å²) >= 11 is 0. The van der Waals surface area contributed by atoms with E-state index in [2.05, 4.69) is 9.72 Å². The van der Waals surface area contributed by atoms with Gasteiger partial charge in [-0.25, -0.2) is 9.18 Å². The molecule has 0 radical (unpaired) electrons. The van der Waals surface area contributed by atoms with Crippen molar-refractivity contribution >= 4 is 5.97 Å².